The lowest BCUT2D eigenvalue weighted by Gasteiger charge is -2.07. The van der Waals surface area contributed by atoms with Crippen molar-refractivity contribution in [2.24, 2.45) is 0 Å². The summed E-state index contributed by atoms with van der Waals surface area (Å²) in [5, 5.41) is 5.59. The fourth-order valence-corrected chi connectivity index (χ4v) is 3.18. The third-order valence-corrected chi connectivity index (χ3v) is 4.55. The Balaban J connectivity index is 2.07. The topological polar surface area (TPSA) is 76.5 Å². The van der Waals surface area contributed by atoms with Crippen molar-refractivity contribution in [1.29, 1.82) is 0 Å². The Morgan fingerprint density at radius 3 is 2.65 bits per heavy atom. The summed E-state index contributed by atoms with van der Waals surface area (Å²) in [5.41, 5.74) is 5.49. The van der Waals surface area contributed by atoms with E-state index in [4.69, 9.17) is 0 Å². The molecule has 4 rings (SSSR count). The number of aryl methyl sites for hydroxylation is 3. The Morgan fingerprint density at radius 2 is 1.96 bits per heavy atom. The van der Waals surface area contributed by atoms with E-state index in [1.165, 1.54) is 0 Å². The molecule has 0 bridgehead atoms. The van der Waals surface area contributed by atoms with Crippen LogP contribution in [-0.4, -0.2) is 24.7 Å². The molecule has 0 saturated carbocycles. The summed E-state index contributed by atoms with van der Waals surface area (Å²) in [5.74, 6) is 0. The molecule has 6 nitrogen and oxygen atoms in total. The third-order valence-electron chi connectivity index (χ3n) is 4.55. The van der Waals surface area contributed by atoms with Gasteiger partial charge >= 0.3 is 0 Å². The Labute approximate surface area is 150 Å². The third kappa shape index (κ3) is 2.60. The minimum Gasteiger partial charge on any atom is -0.329 e. The highest BCUT2D eigenvalue weighted by molar-refractivity contribution is 5.95. The van der Waals surface area contributed by atoms with E-state index >= 15 is 0 Å². The highest BCUT2D eigenvalue weighted by atomic mass is 16.1. The lowest BCUT2D eigenvalue weighted by molar-refractivity contribution is 0.646. The zero-order chi connectivity index (χ0) is 18.3. The molecule has 0 amide bonds. The first-order chi connectivity index (χ1) is 12.6. The fourth-order valence-electron chi connectivity index (χ4n) is 3.18. The predicted octanol–water partition coefficient (Wildman–Crippen LogP) is 3.49. The molecule has 4 aromatic heterocycles. The number of nitrogens with one attached hydrogen (secondary N) is 1. The first-order valence-electron chi connectivity index (χ1n) is 8.57. The second kappa shape index (κ2) is 6.22. The number of hydrogen-bond donors (Lipinski definition) is 1. The number of pyridine rings is 3. The molecule has 0 saturated heterocycles. The predicted molar refractivity (Wildman–Crippen MR) is 102 cm³/mol. The van der Waals surface area contributed by atoms with Crippen LogP contribution in [0.5, 0.6) is 0 Å². The maximum Gasteiger partial charge on any atom is 0.257 e. The van der Waals surface area contributed by atoms with Gasteiger partial charge in [0.2, 0.25) is 0 Å². The van der Waals surface area contributed by atoms with Gasteiger partial charge in [-0.1, -0.05) is 6.07 Å². The van der Waals surface area contributed by atoms with Crippen LogP contribution in [0.1, 0.15) is 18.2 Å². The van der Waals surface area contributed by atoms with Gasteiger partial charge in [-0.05, 0) is 50.6 Å². The van der Waals surface area contributed by atoms with Gasteiger partial charge in [0.05, 0.1) is 22.3 Å². The van der Waals surface area contributed by atoms with E-state index in [0.717, 1.165) is 34.4 Å². The van der Waals surface area contributed by atoms with E-state index in [1.807, 2.05) is 49.8 Å². The van der Waals surface area contributed by atoms with Crippen molar-refractivity contribution in [3.05, 3.63) is 64.3 Å². The molecule has 0 radical (unpaired) electrons. The summed E-state index contributed by atoms with van der Waals surface area (Å²) in [6.07, 6.45) is 3.46. The first-order valence-corrected chi connectivity index (χ1v) is 8.57. The number of H-pyrrole nitrogens is 1. The smallest absolute Gasteiger partial charge is 0.257 e. The van der Waals surface area contributed by atoms with Crippen molar-refractivity contribution in [3.63, 3.8) is 0 Å². The molecule has 0 spiro atoms. The average molecular weight is 345 g/mol. The van der Waals surface area contributed by atoms with E-state index in [2.05, 4.69) is 20.1 Å². The molecule has 4 heterocycles. The first kappa shape index (κ1) is 16.2. The maximum atomic E-state index is 12.2. The molecule has 1 N–H and O–H groups in total. The summed E-state index contributed by atoms with van der Waals surface area (Å²) in [7, 11) is 0. The quantitative estimate of drug-likeness (QED) is 0.617. The molecule has 130 valence electrons. The molecule has 0 aliphatic carbocycles. The van der Waals surface area contributed by atoms with Crippen LogP contribution >= 0.6 is 0 Å². The zero-order valence-corrected chi connectivity index (χ0v) is 14.9. The van der Waals surface area contributed by atoms with Crippen LogP contribution in [0, 0.1) is 13.8 Å². The second-order valence-corrected chi connectivity index (χ2v) is 6.29. The van der Waals surface area contributed by atoms with Crippen LogP contribution in [0.25, 0.3) is 33.5 Å². The van der Waals surface area contributed by atoms with Gasteiger partial charge in [0.1, 0.15) is 0 Å². The second-order valence-electron chi connectivity index (χ2n) is 6.29. The van der Waals surface area contributed by atoms with Crippen molar-refractivity contribution in [2.45, 2.75) is 27.3 Å². The SMILES string of the molecule is CCn1nc2nc(-c3ccc[nH]c3=O)cc(-c3ccc(C)cn3)c2c1C. The summed E-state index contributed by atoms with van der Waals surface area (Å²) in [6.45, 7) is 6.84. The average Bonchev–Trinajstić information content (AvgIpc) is 2.98. The van der Waals surface area contributed by atoms with Crippen molar-refractivity contribution < 1.29 is 0 Å². The molecule has 0 aromatic carbocycles. The standard InChI is InChI=1S/C20H19N5O/c1-4-25-13(3)18-15(16-8-7-12(2)11-22-16)10-17(23-19(18)24-25)14-6-5-9-21-20(14)26/h5-11H,4H2,1-3H3,(H,21,26). The number of aromatic nitrogens is 5. The van der Waals surface area contributed by atoms with Crippen LogP contribution in [0.15, 0.2) is 47.5 Å². The lowest BCUT2D eigenvalue weighted by atomic mass is 10.0. The summed E-state index contributed by atoms with van der Waals surface area (Å²) in [4.78, 5) is 24.2. The molecule has 4 aromatic rings. The van der Waals surface area contributed by atoms with Crippen LogP contribution < -0.4 is 5.56 Å². The summed E-state index contributed by atoms with van der Waals surface area (Å²) >= 11 is 0. The van der Waals surface area contributed by atoms with Crippen molar-refractivity contribution in [3.8, 4) is 22.5 Å². The van der Waals surface area contributed by atoms with E-state index in [0.29, 0.717) is 16.9 Å². The van der Waals surface area contributed by atoms with Gasteiger partial charge < -0.3 is 4.98 Å². The van der Waals surface area contributed by atoms with Gasteiger partial charge in [-0.25, -0.2) is 4.98 Å². The Kier molecular flexibility index (Phi) is 3.88. The van der Waals surface area contributed by atoms with Gasteiger partial charge in [0.25, 0.3) is 5.56 Å². The zero-order valence-electron chi connectivity index (χ0n) is 14.9. The van der Waals surface area contributed by atoms with Gasteiger partial charge in [-0.2, -0.15) is 5.10 Å². The number of fused-ring (bicyclic) bond motifs is 1. The molecule has 0 aliphatic rings. The van der Waals surface area contributed by atoms with Crippen LogP contribution in [0.4, 0.5) is 0 Å². The minimum absolute atomic E-state index is 0.172. The number of rotatable bonds is 3. The Morgan fingerprint density at radius 1 is 1.12 bits per heavy atom. The van der Waals surface area contributed by atoms with Crippen molar-refractivity contribution >= 4 is 11.0 Å². The van der Waals surface area contributed by atoms with Crippen molar-refractivity contribution in [2.75, 3.05) is 0 Å². The van der Waals surface area contributed by atoms with Gasteiger partial charge in [0, 0.05) is 30.2 Å². The van der Waals surface area contributed by atoms with Crippen LogP contribution in [-0.2, 0) is 6.54 Å². The number of hydrogen-bond acceptors (Lipinski definition) is 4. The Hall–Kier alpha value is -3.28. The molecule has 0 unspecified atom stereocenters. The van der Waals surface area contributed by atoms with Gasteiger partial charge in [-0.15, -0.1) is 0 Å². The molecule has 0 aliphatic heterocycles. The molecule has 0 atom stereocenters. The largest absolute Gasteiger partial charge is 0.329 e. The van der Waals surface area contributed by atoms with E-state index < -0.39 is 0 Å². The minimum atomic E-state index is -0.172. The van der Waals surface area contributed by atoms with Crippen LogP contribution in [0.2, 0.25) is 0 Å². The molecular formula is C20H19N5O. The number of aromatic amines is 1. The van der Waals surface area contributed by atoms with E-state index in [-0.39, 0.29) is 5.56 Å². The molecular weight excluding hydrogens is 326 g/mol. The van der Waals surface area contributed by atoms with Gasteiger partial charge in [0.15, 0.2) is 5.65 Å². The lowest BCUT2D eigenvalue weighted by Crippen LogP contribution is -2.08. The normalized spacial score (nSPS) is 11.2. The van der Waals surface area contributed by atoms with Crippen molar-refractivity contribution in [1.82, 2.24) is 24.7 Å². The molecule has 6 heteroatoms. The number of nitrogens with zero attached hydrogens (tertiary/aromatic N) is 4. The maximum absolute atomic E-state index is 12.2. The highest BCUT2D eigenvalue weighted by Crippen LogP contribution is 2.32. The molecule has 26 heavy (non-hydrogen) atoms. The van der Waals surface area contributed by atoms with Gasteiger partial charge in [-0.3, -0.25) is 14.5 Å². The van der Waals surface area contributed by atoms with E-state index in [9.17, 15) is 4.79 Å². The highest BCUT2D eigenvalue weighted by Gasteiger charge is 2.17. The summed E-state index contributed by atoms with van der Waals surface area (Å²) in [6, 6.07) is 9.51. The van der Waals surface area contributed by atoms with Crippen LogP contribution in [0.3, 0.4) is 0 Å². The summed E-state index contributed by atoms with van der Waals surface area (Å²) < 4.78 is 1.92. The Bertz CT molecular complexity index is 1160. The van der Waals surface area contributed by atoms with E-state index in [1.54, 1.807) is 18.3 Å². The monoisotopic (exact) mass is 345 g/mol. The fraction of sp³-hybridized carbons (Fsp3) is 0.200. The molecule has 0 fully saturated rings.